The van der Waals surface area contributed by atoms with Gasteiger partial charge in [-0.1, -0.05) is 0 Å². The molecule has 0 spiro atoms. The van der Waals surface area contributed by atoms with Gasteiger partial charge >= 0.3 is 0 Å². The van der Waals surface area contributed by atoms with Gasteiger partial charge in [0, 0.05) is 12.4 Å². The minimum Gasteiger partial charge on any atom is -0.390 e. The number of nitrogens with one attached hydrogen (secondary N) is 2. The van der Waals surface area contributed by atoms with Gasteiger partial charge in [-0.15, -0.1) is 0 Å². The van der Waals surface area contributed by atoms with Gasteiger partial charge in [0.1, 0.15) is 0 Å². The van der Waals surface area contributed by atoms with Crippen molar-refractivity contribution in [3.8, 4) is 0 Å². The molecule has 1 aromatic rings. The number of carbonyl (C=O) groups excluding carboxylic acids is 1. The van der Waals surface area contributed by atoms with Crippen LogP contribution in [0.1, 0.15) is 10.4 Å². The largest absolute Gasteiger partial charge is 0.390 e. The van der Waals surface area contributed by atoms with Crippen LogP contribution in [-0.4, -0.2) is 48.1 Å². The Morgan fingerprint density at radius 1 is 1.50 bits per heavy atom. The molecule has 2 rings (SSSR count). The average molecular weight is 244 g/mol. The van der Waals surface area contributed by atoms with E-state index in [-0.39, 0.29) is 17.4 Å². The maximum atomic E-state index is 11.6. The summed E-state index contributed by atoms with van der Waals surface area (Å²) in [5, 5.41) is 12.0. The third-order valence-corrected chi connectivity index (χ3v) is 4.22. The third kappa shape index (κ3) is 2.25. The molecule has 0 aliphatic carbocycles. The second-order valence-corrected chi connectivity index (χ2v) is 5.98. The first kappa shape index (κ1) is 11.2. The molecule has 3 N–H and O–H groups in total. The molecule has 88 valence electrons. The van der Waals surface area contributed by atoms with Crippen molar-refractivity contribution in [2.24, 2.45) is 0 Å². The minimum absolute atomic E-state index is 0.204. The lowest BCUT2D eigenvalue weighted by molar-refractivity contribution is 0.0889. The summed E-state index contributed by atoms with van der Waals surface area (Å²) in [4.78, 5) is 14.3. The van der Waals surface area contributed by atoms with Gasteiger partial charge in [0.15, 0.2) is 9.84 Å². The molecule has 16 heavy (non-hydrogen) atoms. The Bertz CT molecular complexity index is 480. The zero-order valence-corrected chi connectivity index (χ0v) is 9.20. The molecule has 2 heterocycles. The van der Waals surface area contributed by atoms with E-state index in [2.05, 4.69) is 10.3 Å². The van der Waals surface area contributed by atoms with Crippen LogP contribution in [0.2, 0.25) is 0 Å². The lowest BCUT2D eigenvalue weighted by Crippen LogP contribution is -2.42. The fraction of sp³-hybridized carbons (Fsp3) is 0.444. The van der Waals surface area contributed by atoms with Gasteiger partial charge < -0.3 is 15.4 Å². The Labute approximate surface area is 92.6 Å². The zero-order chi connectivity index (χ0) is 11.8. The summed E-state index contributed by atoms with van der Waals surface area (Å²) >= 11 is 0. The van der Waals surface area contributed by atoms with E-state index in [1.807, 2.05) is 0 Å². The topological polar surface area (TPSA) is 99.3 Å². The first-order chi connectivity index (χ1) is 7.48. The summed E-state index contributed by atoms with van der Waals surface area (Å²) in [5.41, 5.74) is 0.413. The van der Waals surface area contributed by atoms with E-state index in [4.69, 9.17) is 0 Å². The highest BCUT2D eigenvalue weighted by molar-refractivity contribution is 7.91. The van der Waals surface area contributed by atoms with Crippen LogP contribution in [-0.2, 0) is 9.84 Å². The number of sulfone groups is 1. The Hall–Kier alpha value is -1.34. The highest BCUT2D eigenvalue weighted by Crippen LogP contribution is 2.13. The Morgan fingerprint density at radius 2 is 2.25 bits per heavy atom. The van der Waals surface area contributed by atoms with Crippen LogP contribution in [0.25, 0.3) is 0 Å². The first-order valence-electron chi connectivity index (χ1n) is 4.80. The van der Waals surface area contributed by atoms with Gasteiger partial charge in [0.05, 0.1) is 29.2 Å². The molecule has 1 aliphatic heterocycles. The number of aromatic amines is 1. The lowest BCUT2D eigenvalue weighted by atomic mass is 10.2. The van der Waals surface area contributed by atoms with Crippen molar-refractivity contribution in [3.05, 3.63) is 24.0 Å². The second kappa shape index (κ2) is 3.91. The van der Waals surface area contributed by atoms with Crippen molar-refractivity contribution in [2.45, 2.75) is 12.1 Å². The third-order valence-electron chi connectivity index (χ3n) is 2.50. The van der Waals surface area contributed by atoms with Crippen molar-refractivity contribution < 1.29 is 18.3 Å². The number of hydrogen-bond donors (Lipinski definition) is 3. The van der Waals surface area contributed by atoms with Gasteiger partial charge in [-0.3, -0.25) is 4.79 Å². The monoisotopic (exact) mass is 244 g/mol. The standard InChI is InChI=1S/C9H12N2O4S/c12-8-5-16(14,15)4-7(8)11-9(13)6-1-2-10-3-6/h1-3,7-8,10,12H,4-5H2,(H,11,13). The fourth-order valence-electron chi connectivity index (χ4n) is 1.68. The molecule has 1 aromatic heterocycles. The van der Waals surface area contributed by atoms with Crippen LogP contribution in [0.4, 0.5) is 0 Å². The first-order valence-corrected chi connectivity index (χ1v) is 6.62. The number of aliphatic hydroxyl groups excluding tert-OH is 1. The smallest absolute Gasteiger partial charge is 0.253 e. The summed E-state index contributed by atoms with van der Waals surface area (Å²) in [6.07, 6.45) is 2.08. The van der Waals surface area contributed by atoms with Crippen molar-refractivity contribution in [3.63, 3.8) is 0 Å². The van der Waals surface area contributed by atoms with E-state index in [0.717, 1.165) is 0 Å². The van der Waals surface area contributed by atoms with Crippen molar-refractivity contribution in [1.82, 2.24) is 10.3 Å². The van der Waals surface area contributed by atoms with Crippen LogP contribution >= 0.6 is 0 Å². The molecular weight excluding hydrogens is 232 g/mol. The van der Waals surface area contributed by atoms with E-state index >= 15 is 0 Å². The molecule has 7 heteroatoms. The molecule has 1 fully saturated rings. The molecule has 0 saturated carbocycles. The van der Waals surface area contributed by atoms with Gasteiger partial charge in [-0.2, -0.15) is 0 Å². The van der Waals surface area contributed by atoms with E-state index in [9.17, 15) is 18.3 Å². The molecule has 6 nitrogen and oxygen atoms in total. The van der Waals surface area contributed by atoms with Crippen LogP contribution in [0.3, 0.4) is 0 Å². The number of hydrogen-bond acceptors (Lipinski definition) is 4. The quantitative estimate of drug-likeness (QED) is 0.615. The lowest BCUT2D eigenvalue weighted by Gasteiger charge is -2.13. The molecule has 0 radical (unpaired) electrons. The number of amides is 1. The van der Waals surface area contributed by atoms with Crippen LogP contribution in [0.5, 0.6) is 0 Å². The van der Waals surface area contributed by atoms with E-state index < -0.39 is 22.0 Å². The van der Waals surface area contributed by atoms with Gasteiger partial charge in [-0.25, -0.2) is 8.42 Å². The molecule has 1 aliphatic rings. The van der Waals surface area contributed by atoms with E-state index in [0.29, 0.717) is 5.56 Å². The molecule has 0 bridgehead atoms. The number of carbonyl (C=O) groups is 1. The molecule has 1 saturated heterocycles. The molecule has 2 unspecified atom stereocenters. The molecular formula is C9H12N2O4S. The van der Waals surface area contributed by atoms with Crippen LogP contribution < -0.4 is 5.32 Å². The summed E-state index contributed by atoms with van der Waals surface area (Å²) in [5.74, 6) is -0.877. The van der Waals surface area contributed by atoms with Crippen molar-refractivity contribution in [1.29, 1.82) is 0 Å². The average Bonchev–Trinajstić information content (AvgIpc) is 2.74. The minimum atomic E-state index is -3.23. The number of H-pyrrole nitrogens is 1. The zero-order valence-electron chi connectivity index (χ0n) is 8.38. The maximum Gasteiger partial charge on any atom is 0.253 e. The summed E-state index contributed by atoms with van der Waals surface area (Å²) in [7, 11) is -3.23. The molecule has 1 amide bonds. The van der Waals surface area contributed by atoms with Gasteiger partial charge in [-0.05, 0) is 6.07 Å². The van der Waals surface area contributed by atoms with Crippen LogP contribution in [0.15, 0.2) is 18.5 Å². The second-order valence-electron chi connectivity index (χ2n) is 3.82. The number of aromatic nitrogens is 1. The SMILES string of the molecule is O=C(NC1CS(=O)(=O)CC1O)c1cc[nH]c1. The Kier molecular flexibility index (Phi) is 2.73. The van der Waals surface area contributed by atoms with Crippen molar-refractivity contribution >= 4 is 15.7 Å². The van der Waals surface area contributed by atoms with Gasteiger partial charge in [0.25, 0.3) is 5.91 Å². The molecule has 0 aromatic carbocycles. The van der Waals surface area contributed by atoms with E-state index in [1.165, 1.54) is 6.20 Å². The Balaban J connectivity index is 2.04. The fourth-order valence-corrected chi connectivity index (χ4v) is 3.43. The summed E-state index contributed by atoms with van der Waals surface area (Å²) in [6.45, 7) is 0. The molecule has 2 atom stereocenters. The van der Waals surface area contributed by atoms with Gasteiger partial charge in [0.2, 0.25) is 0 Å². The predicted molar refractivity (Wildman–Crippen MR) is 56.7 cm³/mol. The summed E-state index contributed by atoms with van der Waals surface area (Å²) in [6, 6.07) is 0.859. The highest BCUT2D eigenvalue weighted by Gasteiger charge is 2.37. The number of rotatable bonds is 2. The highest BCUT2D eigenvalue weighted by atomic mass is 32.2. The Morgan fingerprint density at radius 3 is 2.75 bits per heavy atom. The predicted octanol–water partition coefficient (Wildman–Crippen LogP) is -1.10. The summed E-state index contributed by atoms with van der Waals surface area (Å²) < 4.78 is 22.4. The van der Waals surface area contributed by atoms with Crippen LogP contribution in [0, 0.1) is 0 Å². The number of aliphatic hydroxyl groups is 1. The van der Waals surface area contributed by atoms with Crippen molar-refractivity contribution in [2.75, 3.05) is 11.5 Å². The maximum absolute atomic E-state index is 11.6. The van der Waals surface area contributed by atoms with E-state index in [1.54, 1.807) is 12.3 Å². The normalized spacial score (nSPS) is 27.8.